The molecule has 0 unspecified atom stereocenters. The summed E-state index contributed by atoms with van der Waals surface area (Å²) in [6, 6.07) is 7.76. The van der Waals surface area contributed by atoms with Crippen LogP contribution < -0.4 is 4.90 Å². The number of benzene rings is 1. The molecule has 2 nitrogen and oxygen atoms in total. The minimum atomic E-state index is -0.288. The number of rotatable bonds is 4. The van der Waals surface area contributed by atoms with Crippen molar-refractivity contribution in [3.8, 4) is 12.3 Å². The van der Waals surface area contributed by atoms with Crippen molar-refractivity contribution in [1.82, 2.24) is 0 Å². The Labute approximate surface area is 91.5 Å². The number of anilines is 1. The van der Waals surface area contributed by atoms with E-state index in [0.29, 0.717) is 6.54 Å². The molecule has 1 atom stereocenters. The van der Waals surface area contributed by atoms with Crippen molar-refractivity contribution in [1.29, 1.82) is 0 Å². The molecule has 0 spiro atoms. The van der Waals surface area contributed by atoms with Gasteiger partial charge in [0.25, 0.3) is 0 Å². The van der Waals surface area contributed by atoms with Gasteiger partial charge < -0.3 is 10.0 Å². The van der Waals surface area contributed by atoms with Crippen LogP contribution in [0.25, 0.3) is 0 Å². The van der Waals surface area contributed by atoms with Gasteiger partial charge in [-0.05, 0) is 24.6 Å². The number of nitrogens with zero attached hydrogens (tertiary/aromatic N) is 1. The highest BCUT2D eigenvalue weighted by molar-refractivity contribution is 5.51. The van der Waals surface area contributed by atoms with Crippen molar-refractivity contribution >= 4 is 5.69 Å². The predicted molar refractivity (Wildman–Crippen MR) is 63.9 cm³/mol. The van der Waals surface area contributed by atoms with Crippen LogP contribution in [-0.2, 0) is 0 Å². The molecule has 0 radical (unpaired) electrons. The van der Waals surface area contributed by atoms with Crippen LogP contribution in [0.5, 0.6) is 0 Å². The molecule has 80 valence electrons. The lowest BCUT2D eigenvalue weighted by molar-refractivity contribution is 0.177. The number of hydrogen-bond acceptors (Lipinski definition) is 2. The summed E-state index contributed by atoms with van der Waals surface area (Å²) in [5.74, 6) is 2.60. The number of terminal acetylenes is 1. The average molecular weight is 203 g/mol. The van der Waals surface area contributed by atoms with Gasteiger partial charge in [0, 0.05) is 24.8 Å². The van der Waals surface area contributed by atoms with Crippen molar-refractivity contribution in [2.75, 3.05) is 18.5 Å². The molecule has 0 amide bonds. The van der Waals surface area contributed by atoms with E-state index in [-0.39, 0.29) is 6.10 Å². The zero-order valence-electron chi connectivity index (χ0n) is 9.27. The first-order valence-corrected chi connectivity index (χ1v) is 5.13. The first-order chi connectivity index (χ1) is 7.17. The third-order valence-corrected chi connectivity index (χ3v) is 2.41. The van der Waals surface area contributed by atoms with E-state index in [1.807, 2.05) is 43.1 Å². The molecular weight excluding hydrogens is 186 g/mol. The van der Waals surface area contributed by atoms with Gasteiger partial charge in [-0.15, -0.1) is 6.42 Å². The third kappa shape index (κ3) is 3.30. The molecule has 0 aliphatic heterocycles. The lowest BCUT2D eigenvalue weighted by Gasteiger charge is -2.22. The van der Waals surface area contributed by atoms with Crippen LogP contribution in [0.2, 0.25) is 0 Å². The number of aliphatic hydroxyl groups is 1. The van der Waals surface area contributed by atoms with E-state index in [1.165, 1.54) is 0 Å². The number of likely N-dealkylation sites (N-methyl/N-ethyl adjacent to an activating group) is 1. The molecule has 15 heavy (non-hydrogen) atoms. The summed E-state index contributed by atoms with van der Waals surface area (Å²) >= 11 is 0. The second-order valence-electron chi connectivity index (χ2n) is 3.64. The Morgan fingerprint density at radius 1 is 1.53 bits per heavy atom. The van der Waals surface area contributed by atoms with Crippen molar-refractivity contribution in [3.05, 3.63) is 29.8 Å². The summed E-state index contributed by atoms with van der Waals surface area (Å²) in [5.41, 5.74) is 1.91. The summed E-state index contributed by atoms with van der Waals surface area (Å²) in [6.07, 6.45) is 5.80. The minimum absolute atomic E-state index is 0.288. The highest BCUT2D eigenvalue weighted by Gasteiger charge is 2.06. The molecule has 1 aromatic carbocycles. The van der Waals surface area contributed by atoms with Crippen LogP contribution in [0.3, 0.4) is 0 Å². The standard InChI is InChI=1S/C13H17NO/c1-4-11-7-6-8-12(9-11)14(3)10-13(15)5-2/h1,6-9,13,15H,5,10H2,2-3H3/t13-/m1/s1. The van der Waals surface area contributed by atoms with Crippen molar-refractivity contribution < 1.29 is 5.11 Å². The van der Waals surface area contributed by atoms with Gasteiger partial charge in [-0.3, -0.25) is 0 Å². The van der Waals surface area contributed by atoms with Gasteiger partial charge in [-0.25, -0.2) is 0 Å². The Bertz CT molecular complexity index is 354. The normalized spacial score (nSPS) is 11.9. The van der Waals surface area contributed by atoms with E-state index in [0.717, 1.165) is 17.7 Å². The van der Waals surface area contributed by atoms with Gasteiger partial charge >= 0.3 is 0 Å². The minimum Gasteiger partial charge on any atom is -0.391 e. The van der Waals surface area contributed by atoms with Crippen LogP contribution in [0.15, 0.2) is 24.3 Å². The van der Waals surface area contributed by atoms with E-state index < -0.39 is 0 Å². The quantitative estimate of drug-likeness (QED) is 0.755. The Morgan fingerprint density at radius 2 is 2.27 bits per heavy atom. The predicted octanol–water partition coefficient (Wildman–Crippen LogP) is 1.88. The Balaban J connectivity index is 2.73. The van der Waals surface area contributed by atoms with Gasteiger partial charge in [0.1, 0.15) is 0 Å². The summed E-state index contributed by atoms with van der Waals surface area (Å²) in [6.45, 7) is 2.60. The fraction of sp³-hybridized carbons (Fsp3) is 0.385. The van der Waals surface area contributed by atoms with Crippen molar-refractivity contribution in [2.24, 2.45) is 0 Å². The third-order valence-electron chi connectivity index (χ3n) is 2.41. The molecule has 0 saturated carbocycles. The van der Waals surface area contributed by atoms with Gasteiger partial charge in [0.2, 0.25) is 0 Å². The molecule has 0 aromatic heterocycles. The van der Waals surface area contributed by atoms with E-state index in [2.05, 4.69) is 5.92 Å². The zero-order chi connectivity index (χ0) is 11.3. The molecule has 0 fully saturated rings. The van der Waals surface area contributed by atoms with E-state index in [1.54, 1.807) is 0 Å². The van der Waals surface area contributed by atoms with Gasteiger partial charge in [-0.2, -0.15) is 0 Å². The van der Waals surface area contributed by atoms with Crippen molar-refractivity contribution in [2.45, 2.75) is 19.4 Å². The van der Waals surface area contributed by atoms with Gasteiger partial charge in [0.05, 0.1) is 6.10 Å². The summed E-state index contributed by atoms with van der Waals surface area (Å²) in [4.78, 5) is 2.01. The Hall–Kier alpha value is -1.46. The van der Waals surface area contributed by atoms with Gasteiger partial charge in [0.15, 0.2) is 0 Å². The Kier molecular flexibility index (Phi) is 4.20. The largest absolute Gasteiger partial charge is 0.391 e. The summed E-state index contributed by atoms with van der Waals surface area (Å²) in [7, 11) is 1.95. The summed E-state index contributed by atoms with van der Waals surface area (Å²) < 4.78 is 0. The highest BCUT2D eigenvalue weighted by Crippen LogP contribution is 2.14. The molecule has 1 aromatic rings. The van der Waals surface area contributed by atoms with E-state index >= 15 is 0 Å². The Morgan fingerprint density at radius 3 is 2.87 bits per heavy atom. The maximum atomic E-state index is 9.53. The molecule has 0 saturated heterocycles. The van der Waals surface area contributed by atoms with Crippen LogP contribution in [0.4, 0.5) is 5.69 Å². The lowest BCUT2D eigenvalue weighted by atomic mass is 10.2. The van der Waals surface area contributed by atoms with Crippen LogP contribution >= 0.6 is 0 Å². The fourth-order valence-electron chi connectivity index (χ4n) is 1.38. The molecule has 0 bridgehead atoms. The fourth-order valence-corrected chi connectivity index (χ4v) is 1.38. The van der Waals surface area contributed by atoms with Crippen LogP contribution in [0, 0.1) is 12.3 Å². The monoisotopic (exact) mass is 203 g/mol. The lowest BCUT2D eigenvalue weighted by Crippen LogP contribution is -2.28. The smallest absolute Gasteiger partial charge is 0.0712 e. The molecular formula is C13H17NO. The molecule has 1 N–H and O–H groups in total. The maximum Gasteiger partial charge on any atom is 0.0712 e. The molecule has 0 heterocycles. The molecule has 0 aliphatic carbocycles. The summed E-state index contributed by atoms with van der Waals surface area (Å²) in [5, 5.41) is 9.53. The molecule has 2 heteroatoms. The highest BCUT2D eigenvalue weighted by atomic mass is 16.3. The van der Waals surface area contributed by atoms with Crippen LogP contribution in [0.1, 0.15) is 18.9 Å². The van der Waals surface area contributed by atoms with Crippen LogP contribution in [-0.4, -0.2) is 24.8 Å². The number of aliphatic hydroxyl groups excluding tert-OH is 1. The average Bonchev–Trinajstić information content (AvgIpc) is 2.28. The topological polar surface area (TPSA) is 23.5 Å². The molecule has 1 rings (SSSR count). The number of hydrogen-bond donors (Lipinski definition) is 1. The maximum absolute atomic E-state index is 9.53. The van der Waals surface area contributed by atoms with Crippen molar-refractivity contribution in [3.63, 3.8) is 0 Å². The first-order valence-electron chi connectivity index (χ1n) is 5.13. The van der Waals surface area contributed by atoms with Gasteiger partial charge in [-0.1, -0.05) is 18.9 Å². The molecule has 0 aliphatic rings. The second kappa shape index (κ2) is 5.43. The zero-order valence-corrected chi connectivity index (χ0v) is 9.27. The first kappa shape index (κ1) is 11.6. The van der Waals surface area contributed by atoms with E-state index in [4.69, 9.17) is 6.42 Å². The van der Waals surface area contributed by atoms with E-state index in [9.17, 15) is 5.11 Å². The SMILES string of the molecule is C#Cc1cccc(N(C)C[C@H](O)CC)c1. The second-order valence-corrected chi connectivity index (χ2v) is 3.64.